The Morgan fingerprint density at radius 1 is 0.688 bits per heavy atom. The van der Waals surface area contributed by atoms with Crippen LogP contribution in [-0.2, 0) is 0 Å². The molecule has 0 spiro atoms. The first-order valence-corrected chi connectivity index (χ1v) is 6.42. The fourth-order valence-corrected chi connectivity index (χ4v) is 5.59. The molecule has 0 aromatic heterocycles. The van der Waals surface area contributed by atoms with E-state index in [0.717, 1.165) is 38.5 Å². The molecule has 92 valence electrons. The average molecular weight is 226 g/mol. The van der Waals surface area contributed by atoms with Crippen LogP contribution in [0.25, 0.3) is 0 Å². The third kappa shape index (κ3) is 1.31. The smallest absolute Gasteiger partial charge is 0.0487 e. The second-order valence-corrected chi connectivity index (χ2v) is 6.98. The second-order valence-electron chi connectivity index (χ2n) is 6.98. The summed E-state index contributed by atoms with van der Waals surface area (Å²) in [5.41, 5.74) is 0.0145. The Morgan fingerprint density at radius 3 is 1.25 bits per heavy atom. The molecule has 0 atom stereocenters. The maximum atomic E-state index is 9.69. The van der Waals surface area contributed by atoms with E-state index in [2.05, 4.69) is 0 Å². The van der Waals surface area contributed by atoms with Crippen molar-refractivity contribution in [1.82, 2.24) is 0 Å². The van der Waals surface area contributed by atoms with Gasteiger partial charge < -0.3 is 15.3 Å². The van der Waals surface area contributed by atoms with E-state index < -0.39 is 0 Å². The van der Waals surface area contributed by atoms with E-state index in [1.807, 2.05) is 0 Å². The van der Waals surface area contributed by atoms with Gasteiger partial charge in [-0.3, -0.25) is 0 Å². The molecule has 16 heavy (non-hydrogen) atoms. The molecule has 0 unspecified atom stereocenters. The summed E-state index contributed by atoms with van der Waals surface area (Å²) in [6.07, 6.45) is 6.20. The Balaban J connectivity index is 1.99. The molecule has 0 aromatic rings. The lowest BCUT2D eigenvalue weighted by atomic mass is 9.40. The van der Waals surface area contributed by atoms with Gasteiger partial charge in [0.05, 0.1) is 0 Å². The monoisotopic (exact) mass is 226 g/mol. The average Bonchev–Trinajstić information content (AvgIpc) is 2.28. The van der Waals surface area contributed by atoms with E-state index >= 15 is 0 Å². The van der Waals surface area contributed by atoms with Gasteiger partial charge in [0, 0.05) is 19.8 Å². The van der Waals surface area contributed by atoms with Crippen LogP contribution in [0.5, 0.6) is 0 Å². The van der Waals surface area contributed by atoms with E-state index in [0.29, 0.717) is 5.92 Å². The highest BCUT2D eigenvalue weighted by molar-refractivity contribution is 5.12. The number of hydrogen-bond acceptors (Lipinski definition) is 3. The summed E-state index contributed by atoms with van der Waals surface area (Å²) in [6, 6.07) is 0. The molecule has 4 aliphatic rings. The van der Waals surface area contributed by atoms with Crippen molar-refractivity contribution in [2.45, 2.75) is 38.5 Å². The van der Waals surface area contributed by atoms with Gasteiger partial charge in [-0.15, -0.1) is 0 Å². The summed E-state index contributed by atoms with van der Waals surface area (Å²) in [5, 5.41) is 29.1. The Morgan fingerprint density at radius 2 is 1.00 bits per heavy atom. The quantitative estimate of drug-likeness (QED) is 0.670. The van der Waals surface area contributed by atoms with E-state index in [-0.39, 0.29) is 36.1 Å². The van der Waals surface area contributed by atoms with Crippen molar-refractivity contribution in [3.8, 4) is 0 Å². The lowest BCUT2D eigenvalue weighted by Gasteiger charge is -2.65. The van der Waals surface area contributed by atoms with Gasteiger partial charge >= 0.3 is 0 Å². The summed E-state index contributed by atoms with van der Waals surface area (Å²) in [5.74, 6) is 0.614. The summed E-state index contributed by atoms with van der Waals surface area (Å²) in [4.78, 5) is 0. The van der Waals surface area contributed by atoms with E-state index in [4.69, 9.17) is 0 Å². The van der Waals surface area contributed by atoms with Crippen LogP contribution in [0.15, 0.2) is 0 Å². The molecule has 0 amide bonds. The van der Waals surface area contributed by atoms with Crippen LogP contribution in [0, 0.1) is 22.2 Å². The molecule has 3 N–H and O–H groups in total. The van der Waals surface area contributed by atoms with E-state index in [1.54, 1.807) is 0 Å². The van der Waals surface area contributed by atoms with Gasteiger partial charge in [0.2, 0.25) is 0 Å². The number of hydrogen-bond donors (Lipinski definition) is 3. The first kappa shape index (κ1) is 11.0. The van der Waals surface area contributed by atoms with Gasteiger partial charge in [-0.1, -0.05) is 0 Å². The van der Waals surface area contributed by atoms with E-state index in [1.165, 1.54) is 0 Å². The lowest BCUT2D eigenvalue weighted by Crippen LogP contribution is -2.60. The lowest BCUT2D eigenvalue weighted by molar-refractivity contribution is -0.196. The minimum Gasteiger partial charge on any atom is -0.396 e. The van der Waals surface area contributed by atoms with Crippen LogP contribution in [0.4, 0.5) is 0 Å². The van der Waals surface area contributed by atoms with Crippen molar-refractivity contribution in [1.29, 1.82) is 0 Å². The summed E-state index contributed by atoms with van der Waals surface area (Å²) < 4.78 is 0. The van der Waals surface area contributed by atoms with Crippen molar-refractivity contribution in [3.63, 3.8) is 0 Å². The fraction of sp³-hybridized carbons (Fsp3) is 1.00. The van der Waals surface area contributed by atoms with E-state index in [9.17, 15) is 15.3 Å². The predicted molar refractivity (Wildman–Crippen MR) is 59.7 cm³/mol. The normalized spacial score (nSPS) is 54.6. The van der Waals surface area contributed by atoms with Crippen molar-refractivity contribution >= 4 is 0 Å². The maximum Gasteiger partial charge on any atom is 0.0487 e. The van der Waals surface area contributed by atoms with Crippen LogP contribution in [0.3, 0.4) is 0 Å². The highest BCUT2D eigenvalue weighted by Gasteiger charge is 2.62. The molecular weight excluding hydrogens is 204 g/mol. The number of rotatable bonds is 3. The van der Waals surface area contributed by atoms with Gasteiger partial charge in [-0.25, -0.2) is 0 Å². The summed E-state index contributed by atoms with van der Waals surface area (Å²) in [7, 11) is 0. The molecule has 4 saturated carbocycles. The SMILES string of the molecule is OCC12CC3CC(CO)(C1)CC(CO)(C3)C2. The van der Waals surface area contributed by atoms with Crippen molar-refractivity contribution in [3.05, 3.63) is 0 Å². The molecule has 4 aliphatic carbocycles. The molecule has 3 nitrogen and oxygen atoms in total. The zero-order valence-corrected chi connectivity index (χ0v) is 9.78. The van der Waals surface area contributed by atoms with Crippen LogP contribution < -0.4 is 0 Å². The zero-order valence-electron chi connectivity index (χ0n) is 9.78. The Kier molecular flexibility index (Phi) is 2.21. The highest BCUT2D eigenvalue weighted by atomic mass is 16.3. The third-order valence-electron chi connectivity index (χ3n) is 5.42. The van der Waals surface area contributed by atoms with Gasteiger partial charge in [-0.05, 0) is 60.7 Å². The molecular formula is C13H22O3. The Bertz CT molecular complexity index is 246. The van der Waals surface area contributed by atoms with Gasteiger partial charge in [0.25, 0.3) is 0 Å². The van der Waals surface area contributed by atoms with Crippen molar-refractivity contribution in [2.75, 3.05) is 19.8 Å². The molecule has 0 heterocycles. The zero-order chi connectivity index (χ0) is 11.4. The van der Waals surface area contributed by atoms with Crippen LogP contribution in [0.1, 0.15) is 38.5 Å². The topological polar surface area (TPSA) is 60.7 Å². The molecule has 4 bridgehead atoms. The second kappa shape index (κ2) is 3.21. The molecule has 3 heteroatoms. The van der Waals surface area contributed by atoms with Crippen LogP contribution >= 0.6 is 0 Å². The number of aliphatic hydroxyl groups is 3. The molecule has 0 saturated heterocycles. The minimum absolute atomic E-state index is 0.00484. The van der Waals surface area contributed by atoms with Gasteiger partial charge in [0.15, 0.2) is 0 Å². The molecule has 0 aromatic carbocycles. The van der Waals surface area contributed by atoms with Crippen LogP contribution in [-0.4, -0.2) is 35.1 Å². The predicted octanol–water partition coefficient (Wildman–Crippen LogP) is 0.920. The molecule has 4 rings (SSSR count). The minimum atomic E-state index is 0.00484. The molecule has 0 radical (unpaired) electrons. The molecule has 4 fully saturated rings. The summed E-state index contributed by atoms with van der Waals surface area (Å²) in [6.45, 7) is 0.688. The van der Waals surface area contributed by atoms with Crippen molar-refractivity contribution < 1.29 is 15.3 Å². The first-order valence-electron chi connectivity index (χ1n) is 6.42. The van der Waals surface area contributed by atoms with Crippen LogP contribution in [0.2, 0.25) is 0 Å². The summed E-state index contributed by atoms with van der Waals surface area (Å²) >= 11 is 0. The standard InChI is InChI=1S/C13H22O3/c14-7-11-1-10-2-12(4-11,8-15)6-13(3-10,5-11)9-16/h10,14-16H,1-9H2. The Labute approximate surface area is 96.5 Å². The fourth-order valence-electron chi connectivity index (χ4n) is 5.59. The highest BCUT2D eigenvalue weighted by Crippen LogP contribution is 2.69. The largest absolute Gasteiger partial charge is 0.396 e. The third-order valence-corrected chi connectivity index (χ3v) is 5.42. The van der Waals surface area contributed by atoms with Crippen molar-refractivity contribution in [2.24, 2.45) is 22.2 Å². The van der Waals surface area contributed by atoms with Gasteiger partial charge in [0.1, 0.15) is 0 Å². The maximum absolute atomic E-state index is 9.69. The first-order chi connectivity index (χ1) is 7.59. The van der Waals surface area contributed by atoms with Gasteiger partial charge in [-0.2, -0.15) is 0 Å². The Hall–Kier alpha value is -0.120. The number of aliphatic hydroxyl groups excluding tert-OH is 3. The molecule has 0 aliphatic heterocycles.